The van der Waals surface area contributed by atoms with Gasteiger partial charge < -0.3 is 15.2 Å². The minimum absolute atomic E-state index is 0. The second-order valence-electron chi connectivity index (χ2n) is 3.81. The van der Waals surface area contributed by atoms with Crippen LogP contribution >= 0.6 is 12.4 Å². The van der Waals surface area contributed by atoms with E-state index in [9.17, 15) is 4.79 Å². The topological polar surface area (TPSA) is 61.5 Å². The average molecular weight is 208 g/mol. The van der Waals surface area contributed by atoms with E-state index in [1.807, 2.05) is 0 Å². The van der Waals surface area contributed by atoms with Crippen molar-refractivity contribution in [1.82, 2.24) is 0 Å². The molecule has 1 aliphatic heterocycles. The number of fused-ring (bicyclic) bond motifs is 2. The van der Waals surface area contributed by atoms with Gasteiger partial charge in [0.15, 0.2) is 5.60 Å². The van der Waals surface area contributed by atoms with Crippen LogP contribution in [0.3, 0.4) is 0 Å². The van der Waals surface area contributed by atoms with Gasteiger partial charge >= 0.3 is 5.97 Å². The van der Waals surface area contributed by atoms with E-state index >= 15 is 0 Å². The van der Waals surface area contributed by atoms with E-state index in [2.05, 4.69) is 4.74 Å². The molecular weight excluding hydrogens is 194 g/mol. The first-order valence-corrected chi connectivity index (χ1v) is 4.12. The Hall–Kier alpha value is -0.320. The molecule has 1 aliphatic carbocycles. The van der Waals surface area contributed by atoms with E-state index in [0.717, 1.165) is 6.42 Å². The zero-order chi connectivity index (χ0) is 8.82. The molecule has 2 N–H and O–H groups in total. The predicted octanol–water partition coefficient (Wildman–Crippen LogP) is 0.232. The molecule has 5 heteroatoms. The molecule has 76 valence electrons. The van der Waals surface area contributed by atoms with Gasteiger partial charge in [-0.1, -0.05) is 0 Å². The van der Waals surface area contributed by atoms with Gasteiger partial charge in [0.05, 0.1) is 13.7 Å². The molecule has 0 radical (unpaired) electrons. The number of halogens is 1. The molecule has 4 nitrogen and oxygen atoms in total. The molecule has 2 unspecified atom stereocenters. The minimum Gasteiger partial charge on any atom is -0.467 e. The highest BCUT2D eigenvalue weighted by Crippen LogP contribution is 2.46. The lowest BCUT2D eigenvalue weighted by atomic mass is 10.0. The van der Waals surface area contributed by atoms with Crippen molar-refractivity contribution in [3.8, 4) is 0 Å². The Balaban J connectivity index is 0.000000845. The molecule has 0 spiro atoms. The van der Waals surface area contributed by atoms with Crippen LogP contribution in [-0.4, -0.2) is 30.8 Å². The van der Waals surface area contributed by atoms with Crippen molar-refractivity contribution in [3.63, 3.8) is 0 Å². The average Bonchev–Trinajstić information content (AvgIpc) is 2.57. The van der Waals surface area contributed by atoms with Crippen molar-refractivity contribution >= 4 is 18.4 Å². The molecule has 2 rings (SSSR count). The monoisotopic (exact) mass is 207 g/mol. The van der Waals surface area contributed by atoms with Gasteiger partial charge in [-0.05, 0) is 12.8 Å². The Morgan fingerprint density at radius 3 is 2.54 bits per heavy atom. The predicted molar refractivity (Wildman–Crippen MR) is 48.7 cm³/mol. The summed E-state index contributed by atoms with van der Waals surface area (Å²) in [7, 11) is 1.38. The van der Waals surface area contributed by atoms with Crippen molar-refractivity contribution < 1.29 is 14.3 Å². The normalized spacial score (nSPS) is 41.4. The number of ether oxygens (including phenoxy) is 2. The van der Waals surface area contributed by atoms with Crippen LogP contribution in [0.1, 0.15) is 19.3 Å². The van der Waals surface area contributed by atoms with Crippen LogP contribution in [0, 0.1) is 0 Å². The number of methoxy groups -OCH3 is 1. The van der Waals surface area contributed by atoms with Crippen molar-refractivity contribution in [1.29, 1.82) is 0 Å². The maximum Gasteiger partial charge on any atom is 0.338 e. The molecule has 0 aromatic heterocycles. The van der Waals surface area contributed by atoms with E-state index in [-0.39, 0.29) is 23.9 Å². The number of hydrogen-bond donors (Lipinski definition) is 1. The summed E-state index contributed by atoms with van der Waals surface area (Å²) in [4.78, 5) is 11.3. The standard InChI is InChI=1S/C8H13NO3.ClH/c1-11-6(10)8-3-2-7(9,4-8)5-12-8;/h2-5,9H2,1H3;1H. The summed E-state index contributed by atoms with van der Waals surface area (Å²) in [5.74, 6) is -0.271. The van der Waals surface area contributed by atoms with Gasteiger partial charge in [0.2, 0.25) is 0 Å². The highest BCUT2D eigenvalue weighted by molar-refractivity contribution is 5.85. The summed E-state index contributed by atoms with van der Waals surface area (Å²) >= 11 is 0. The molecule has 1 saturated carbocycles. The summed E-state index contributed by atoms with van der Waals surface area (Å²) in [5, 5.41) is 0. The van der Waals surface area contributed by atoms with Gasteiger partial charge in [-0.2, -0.15) is 0 Å². The van der Waals surface area contributed by atoms with E-state index < -0.39 is 5.60 Å². The van der Waals surface area contributed by atoms with Gasteiger partial charge in [-0.25, -0.2) is 4.79 Å². The highest BCUT2D eigenvalue weighted by Gasteiger charge is 2.58. The van der Waals surface area contributed by atoms with Crippen LogP contribution < -0.4 is 5.73 Å². The lowest BCUT2D eigenvalue weighted by Gasteiger charge is -2.24. The summed E-state index contributed by atoms with van der Waals surface area (Å²) in [6, 6.07) is 0. The second kappa shape index (κ2) is 3.12. The molecular formula is C8H14ClNO3. The lowest BCUT2D eigenvalue weighted by Crippen LogP contribution is -2.39. The fraction of sp³-hybridized carbons (Fsp3) is 0.875. The molecule has 0 amide bonds. The fourth-order valence-corrected chi connectivity index (χ4v) is 2.14. The van der Waals surface area contributed by atoms with Gasteiger partial charge in [-0.3, -0.25) is 0 Å². The van der Waals surface area contributed by atoms with Crippen molar-refractivity contribution in [2.75, 3.05) is 13.7 Å². The van der Waals surface area contributed by atoms with Gasteiger partial charge in [0.25, 0.3) is 0 Å². The number of esters is 1. The summed E-state index contributed by atoms with van der Waals surface area (Å²) in [6.07, 6.45) is 2.19. The van der Waals surface area contributed by atoms with E-state index in [1.165, 1.54) is 7.11 Å². The third-order valence-electron chi connectivity index (χ3n) is 2.86. The quantitative estimate of drug-likeness (QED) is 0.626. The molecule has 13 heavy (non-hydrogen) atoms. The van der Waals surface area contributed by atoms with Crippen molar-refractivity contribution in [2.24, 2.45) is 5.73 Å². The molecule has 1 saturated heterocycles. The summed E-state index contributed by atoms with van der Waals surface area (Å²) in [6.45, 7) is 0.488. The van der Waals surface area contributed by atoms with Crippen molar-refractivity contribution in [3.05, 3.63) is 0 Å². The van der Waals surface area contributed by atoms with Crippen LogP contribution in [0.2, 0.25) is 0 Å². The van der Waals surface area contributed by atoms with E-state index in [0.29, 0.717) is 19.4 Å². The zero-order valence-corrected chi connectivity index (χ0v) is 8.36. The first kappa shape index (κ1) is 10.8. The number of carbonyl (C=O) groups is 1. The Bertz CT molecular complexity index is 223. The molecule has 2 atom stereocenters. The van der Waals surface area contributed by atoms with Crippen molar-refractivity contribution in [2.45, 2.75) is 30.4 Å². The van der Waals surface area contributed by atoms with Crippen LogP contribution in [0.5, 0.6) is 0 Å². The summed E-state index contributed by atoms with van der Waals surface area (Å²) in [5.41, 5.74) is 4.97. The first-order chi connectivity index (χ1) is 5.60. The Kier molecular flexibility index (Phi) is 2.58. The third kappa shape index (κ3) is 1.43. The van der Waals surface area contributed by atoms with Crippen LogP contribution in [0.25, 0.3) is 0 Å². The molecule has 0 aromatic carbocycles. The third-order valence-corrected chi connectivity index (χ3v) is 2.86. The minimum atomic E-state index is -0.705. The smallest absolute Gasteiger partial charge is 0.338 e. The van der Waals surface area contributed by atoms with E-state index in [1.54, 1.807) is 0 Å². The number of nitrogens with two attached hydrogens (primary N) is 1. The Morgan fingerprint density at radius 1 is 1.54 bits per heavy atom. The van der Waals surface area contributed by atoms with Crippen LogP contribution in [0.15, 0.2) is 0 Å². The molecule has 2 fully saturated rings. The van der Waals surface area contributed by atoms with Gasteiger partial charge in [0.1, 0.15) is 0 Å². The highest BCUT2D eigenvalue weighted by atomic mass is 35.5. The zero-order valence-electron chi connectivity index (χ0n) is 7.54. The molecule has 2 aliphatic rings. The van der Waals surface area contributed by atoms with Gasteiger partial charge in [-0.15, -0.1) is 12.4 Å². The largest absolute Gasteiger partial charge is 0.467 e. The molecule has 1 heterocycles. The Labute approximate surface area is 83.2 Å². The molecule has 2 bridgehead atoms. The maximum absolute atomic E-state index is 11.3. The van der Waals surface area contributed by atoms with E-state index in [4.69, 9.17) is 10.5 Å². The second-order valence-corrected chi connectivity index (χ2v) is 3.81. The molecule has 0 aromatic rings. The number of rotatable bonds is 1. The summed E-state index contributed by atoms with van der Waals surface area (Å²) < 4.78 is 10.1. The first-order valence-electron chi connectivity index (χ1n) is 4.12. The lowest BCUT2D eigenvalue weighted by molar-refractivity contribution is -0.165. The van der Waals surface area contributed by atoms with Crippen LogP contribution in [0.4, 0.5) is 0 Å². The Morgan fingerprint density at radius 2 is 2.23 bits per heavy atom. The fourth-order valence-electron chi connectivity index (χ4n) is 2.14. The maximum atomic E-state index is 11.3. The SMILES string of the molecule is COC(=O)C12CCC(N)(CO1)C2.Cl. The number of carbonyl (C=O) groups excluding carboxylic acids is 1. The number of hydrogen-bond acceptors (Lipinski definition) is 4. The van der Waals surface area contributed by atoms with Gasteiger partial charge in [0, 0.05) is 12.0 Å². The van der Waals surface area contributed by atoms with Crippen LogP contribution in [-0.2, 0) is 14.3 Å².